The molecule has 4 rings (SSSR count). The van der Waals surface area contributed by atoms with Gasteiger partial charge in [-0.05, 0) is 25.3 Å². The number of amides is 2. The minimum Gasteiger partial charge on any atom is -0.450 e. The molecular formula is C21H26N2O4. The molecule has 3 fully saturated rings. The van der Waals surface area contributed by atoms with Crippen LogP contribution >= 0.6 is 0 Å². The Labute approximate surface area is 159 Å². The zero-order valence-electron chi connectivity index (χ0n) is 15.7. The maximum atomic E-state index is 13.0. The van der Waals surface area contributed by atoms with E-state index in [1.165, 1.54) is 0 Å². The van der Waals surface area contributed by atoms with E-state index in [-0.39, 0.29) is 29.7 Å². The number of carbonyl (C=O) groups excluding carboxylic acids is 3. The first-order valence-electron chi connectivity index (χ1n) is 9.83. The number of rotatable bonds is 3. The van der Waals surface area contributed by atoms with Gasteiger partial charge in [-0.25, -0.2) is 4.79 Å². The van der Waals surface area contributed by atoms with E-state index in [0.717, 1.165) is 5.56 Å². The zero-order valence-corrected chi connectivity index (χ0v) is 15.7. The van der Waals surface area contributed by atoms with Gasteiger partial charge in [0, 0.05) is 49.9 Å². The summed E-state index contributed by atoms with van der Waals surface area (Å²) in [6, 6.07) is 9.96. The maximum absolute atomic E-state index is 13.0. The highest BCUT2D eigenvalue weighted by molar-refractivity contribution is 5.88. The second kappa shape index (κ2) is 6.98. The van der Waals surface area contributed by atoms with Gasteiger partial charge in [0.2, 0.25) is 5.91 Å². The number of benzene rings is 1. The van der Waals surface area contributed by atoms with Gasteiger partial charge in [0.25, 0.3) is 0 Å². The van der Waals surface area contributed by atoms with Gasteiger partial charge in [0.1, 0.15) is 5.78 Å². The van der Waals surface area contributed by atoms with Crippen molar-refractivity contribution in [3.05, 3.63) is 35.9 Å². The van der Waals surface area contributed by atoms with Gasteiger partial charge in [-0.1, -0.05) is 30.3 Å². The molecular weight excluding hydrogens is 344 g/mol. The summed E-state index contributed by atoms with van der Waals surface area (Å²) in [5.74, 6) is 0.213. The smallest absolute Gasteiger partial charge is 0.409 e. The molecule has 2 heterocycles. The van der Waals surface area contributed by atoms with Crippen LogP contribution in [0.2, 0.25) is 0 Å². The molecule has 1 aliphatic carbocycles. The molecule has 3 atom stereocenters. The summed E-state index contributed by atoms with van der Waals surface area (Å²) < 4.78 is 5.19. The highest BCUT2D eigenvalue weighted by Crippen LogP contribution is 2.53. The van der Waals surface area contributed by atoms with Crippen molar-refractivity contribution in [3.8, 4) is 0 Å². The van der Waals surface area contributed by atoms with Crippen molar-refractivity contribution in [1.82, 2.24) is 9.80 Å². The minimum absolute atomic E-state index is 0.00475. The molecule has 2 amide bonds. The fourth-order valence-corrected chi connectivity index (χ4v) is 5.35. The predicted molar refractivity (Wildman–Crippen MR) is 98.8 cm³/mol. The molecule has 2 saturated heterocycles. The van der Waals surface area contributed by atoms with Crippen LogP contribution in [0.25, 0.3) is 0 Å². The molecule has 1 aromatic carbocycles. The van der Waals surface area contributed by atoms with E-state index in [1.54, 1.807) is 11.8 Å². The van der Waals surface area contributed by atoms with Gasteiger partial charge >= 0.3 is 6.09 Å². The van der Waals surface area contributed by atoms with Crippen molar-refractivity contribution < 1.29 is 19.1 Å². The topological polar surface area (TPSA) is 66.9 Å². The number of Topliss-reactive ketones (excluding diaryl/α,β-unsaturated/α-hetero) is 1. The normalized spacial score (nSPS) is 30.1. The van der Waals surface area contributed by atoms with E-state index >= 15 is 0 Å². The molecule has 6 heteroatoms. The summed E-state index contributed by atoms with van der Waals surface area (Å²) in [4.78, 5) is 41.6. The fraction of sp³-hybridized carbons (Fsp3) is 0.571. The average molecular weight is 370 g/mol. The van der Waals surface area contributed by atoms with Crippen LogP contribution in [0.3, 0.4) is 0 Å². The molecule has 27 heavy (non-hydrogen) atoms. The number of ether oxygens (including phenoxy) is 1. The Bertz CT molecular complexity index is 750. The Hall–Kier alpha value is -2.37. The van der Waals surface area contributed by atoms with E-state index in [2.05, 4.69) is 0 Å². The lowest BCUT2D eigenvalue weighted by atomic mass is 9.59. The highest BCUT2D eigenvalue weighted by atomic mass is 16.6. The van der Waals surface area contributed by atoms with Crippen LogP contribution in [0.5, 0.6) is 0 Å². The molecule has 0 radical (unpaired) electrons. The predicted octanol–water partition coefficient (Wildman–Crippen LogP) is 2.62. The summed E-state index contributed by atoms with van der Waals surface area (Å²) >= 11 is 0. The van der Waals surface area contributed by atoms with Crippen molar-refractivity contribution in [2.24, 2.45) is 11.3 Å². The third-order valence-corrected chi connectivity index (χ3v) is 6.48. The number of hydrogen-bond acceptors (Lipinski definition) is 4. The Morgan fingerprint density at radius 3 is 2.74 bits per heavy atom. The fourth-order valence-electron chi connectivity index (χ4n) is 5.35. The van der Waals surface area contributed by atoms with Gasteiger partial charge < -0.3 is 14.5 Å². The maximum Gasteiger partial charge on any atom is 0.409 e. The monoisotopic (exact) mass is 370 g/mol. The lowest BCUT2D eigenvalue weighted by Crippen LogP contribution is -2.60. The van der Waals surface area contributed by atoms with Gasteiger partial charge in [-0.3, -0.25) is 9.59 Å². The molecule has 0 aromatic heterocycles. The summed E-state index contributed by atoms with van der Waals surface area (Å²) in [6.45, 7) is 3.64. The third-order valence-electron chi connectivity index (χ3n) is 6.48. The lowest BCUT2D eigenvalue weighted by Gasteiger charge is -2.51. The van der Waals surface area contributed by atoms with Crippen molar-refractivity contribution in [1.29, 1.82) is 0 Å². The third kappa shape index (κ3) is 3.01. The number of ketones is 1. The molecule has 3 aliphatic rings. The van der Waals surface area contributed by atoms with Crippen LogP contribution in [0.15, 0.2) is 30.3 Å². The van der Waals surface area contributed by atoms with Crippen molar-refractivity contribution in [2.45, 2.75) is 45.2 Å². The number of piperidine rings is 1. The Morgan fingerprint density at radius 1 is 1.22 bits per heavy atom. The number of likely N-dealkylation sites (tertiary alicyclic amines) is 2. The average Bonchev–Trinajstić information content (AvgIpc) is 2.93. The summed E-state index contributed by atoms with van der Waals surface area (Å²) in [5, 5.41) is 0. The van der Waals surface area contributed by atoms with Crippen LogP contribution in [0, 0.1) is 11.3 Å². The standard InChI is InChI=1S/C21H26N2O4/c1-2-27-20(26)22-11-10-16-17(24)8-9-18-21(16,14-22)12-19(25)23(18)13-15-6-4-3-5-7-15/h3-7,16,18H,2,8-14H2,1H3/t16?,18-,21-/m0/s1. The molecule has 1 unspecified atom stereocenters. The number of carbonyl (C=O) groups is 3. The van der Waals surface area contributed by atoms with Gasteiger partial charge in [-0.2, -0.15) is 0 Å². The van der Waals surface area contributed by atoms with Crippen LogP contribution in [-0.4, -0.2) is 53.3 Å². The molecule has 1 saturated carbocycles. The van der Waals surface area contributed by atoms with E-state index < -0.39 is 5.41 Å². The number of nitrogens with zero attached hydrogens (tertiary/aromatic N) is 2. The van der Waals surface area contributed by atoms with Gasteiger partial charge in [0.05, 0.1) is 6.61 Å². The molecule has 0 bridgehead atoms. The van der Waals surface area contributed by atoms with E-state index in [1.807, 2.05) is 35.2 Å². The second-order valence-electron chi connectivity index (χ2n) is 7.90. The van der Waals surface area contributed by atoms with E-state index in [4.69, 9.17) is 4.74 Å². The quantitative estimate of drug-likeness (QED) is 0.820. The molecule has 1 aromatic rings. The zero-order chi connectivity index (χ0) is 19.0. The SMILES string of the molecule is CCOC(=O)N1CCC2C(=O)CC[C@@H]3N(Cc4ccccc4)C(=O)C[C@]23C1. The lowest BCUT2D eigenvalue weighted by molar-refractivity contribution is -0.138. The van der Waals surface area contributed by atoms with Gasteiger partial charge in [-0.15, -0.1) is 0 Å². The Kier molecular flexibility index (Phi) is 4.66. The highest BCUT2D eigenvalue weighted by Gasteiger charge is 2.61. The van der Waals surface area contributed by atoms with Gasteiger partial charge in [0.15, 0.2) is 0 Å². The minimum atomic E-state index is -0.466. The van der Waals surface area contributed by atoms with Crippen molar-refractivity contribution in [3.63, 3.8) is 0 Å². The summed E-state index contributed by atoms with van der Waals surface area (Å²) in [6.07, 6.45) is 1.84. The van der Waals surface area contributed by atoms with Crippen molar-refractivity contribution in [2.75, 3.05) is 19.7 Å². The molecule has 6 nitrogen and oxygen atoms in total. The second-order valence-corrected chi connectivity index (χ2v) is 7.90. The molecule has 1 spiro atoms. The van der Waals surface area contributed by atoms with Crippen LogP contribution in [-0.2, 0) is 20.9 Å². The van der Waals surface area contributed by atoms with E-state index in [0.29, 0.717) is 51.9 Å². The summed E-state index contributed by atoms with van der Waals surface area (Å²) in [7, 11) is 0. The van der Waals surface area contributed by atoms with Crippen LogP contribution in [0.4, 0.5) is 4.79 Å². The Morgan fingerprint density at radius 2 is 2.00 bits per heavy atom. The molecule has 2 aliphatic heterocycles. The largest absolute Gasteiger partial charge is 0.450 e. The summed E-state index contributed by atoms with van der Waals surface area (Å²) in [5.41, 5.74) is 0.626. The number of hydrogen-bond donors (Lipinski definition) is 0. The van der Waals surface area contributed by atoms with Crippen LogP contribution in [0.1, 0.15) is 38.2 Å². The molecule has 0 N–H and O–H groups in total. The van der Waals surface area contributed by atoms with Crippen LogP contribution < -0.4 is 0 Å². The first-order valence-corrected chi connectivity index (χ1v) is 9.83. The Balaban J connectivity index is 1.63. The van der Waals surface area contributed by atoms with E-state index in [9.17, 15) is 14.4 Å². The molecule has 144 valence electrons. The first-order chi connectivity index (χ1) is 13.0. The first kappa shape index (κ1) is 18.0. The van der Waals surface area contributed by atoms with Crippen molar-refractivity contribution >= 4 is 17.8 Å².